The summed E-state index contributed by atoms with van der Waals surface area (Å²) in [6, 6.07) is 8.57. The van der Waals surface area contributed by atoms with Gasteiger partial charge in [0.2, 0.25) is 0 Å². The number of benzene rings is 1. The minimum atomic E-state index is -0.0814. The van der Waals surface area contributed by atoms with Gasteiger partial charge < -0.3 is 5.32 Å². The molecule has 1 saturated heterocycles. The van der Waals surface area contributed by atoms with E-state index in [9.17, 15) is 4.79 Å². The molecule has 0 spiro atoms. The second-order valence-electron chi connectivity index (χ2n) is 6.38. The Labute approximate surface area is 123 Å². The normalized spacial score (nSPS) is 18.2. The summed E-state index contributed by atoms with van der Waals surface area (Å²) < 4.78 is 0. The number of nitrogens with one attached hydrogen (secondary N) is 1. The Hall–Kier alpha value is -1.15. The van der Waals surface area contributed by atoms with Gasteiger partial charge in [0, 0.05) is 11.8 Å². The Morgan fingerprint density at radius 1 is 1.20 bits per heavy atom. The van der Waals surface area contributed by atoms with Gasteiger partial charge in [-0.05, 0) is 49.4 Å². The number of carbonyl (C=O) groups is 1. The molecular formula is C18H27NO. The summed E-state index contributed by atoms with van der Waals surface area (Å²) in [5.41, 5.74) is 2.42. The lowest BCUT2D eigenvalue weighted by Gasteiger charge is -2.35. The fourth-order valence-electron chi connectivity index (χ4n) is 3.13. The van der Waals surface area contributed by atoms with Gasteiger partial charge in [-0.25, -0.2) is 0 Å². The van der Waals surface area contributed by atoms with Crippen LogP contribution in [0.1, 0.15) is 57.1 Å². The Balaban J connectivity index is 2.06. The van der Waals surface area contributed by atoms with Gasteiger partial charge in [0.25, 0.3) is 0 Å². The van der Waals surface area contributed by atoms with Crippen LogP contribution in [0.2, 0.25) is 0 Å². The SMILES string of the molecule is CCC1(C(=O)Cc2ccc(C(C)C)cc2)CCNCC1. The second-order valence-corrected chi connectivity index (χ2v) is 6.38. The van der Waals surface area contributed by atoms with Crippen LogP contribution >= 0.6 is 0 Å². The third-order valence-corrected chi connectivity index (χ3v) is 4.84. The second kappa shape index (κ2) is 6.53. The van der Waals surface area contributed by atoms with E-state index in [1.165, 1.54) is 5.56 Å². The van der Waals surface area contributed by atoms with Crippen LogP contribution in [-0.4, -0.2) is 18.9 Å². The quantitative estimate of drug-likeness (QED) is 0.886. The van der Waals surface area contributed by atoms with Crippen molar-refractivity contribution < 1.29 is 4.79 Å². The molecule has 0 bridgehead atoms. The van der Waals surface area contributed by atoms with Gasteiger partial charge >= 0.3 is 0 Å². The monoisotopic (exact) mass is 273 g/mol. The molecule has 2 nitrogen and oxygen atoms in total. The number of hydrogen-bond donors (Lipinski definition) is 1. The van der Waals surface area contributed by atoms with Crippen molar-refractivity contribution in [2.75, 3.05) is 13.1 Å². The van der Waals surface area contributed by atoms with Gasteiger partial charge in [-0.1, -0.05) is 45.0 Å². The number of carbonyl (C=O) groups excluding carboxylic acids is 1. The topological polar surface area (TPSA) is 29.1 Å². The molecule has 0 aliphatic carbocycles. The maximum Gasteiger partial charge on any atom is 0.143 e. The predicted octanol–water partition coefficient (Wildman–Crippen LogP) is 3.70. The van der Waals surface area contributed by atoms with Crippen LogP contribution in [0.25, 0.3) is 0 Å². The molecule has 2 rings (SSSR count). The molecule has 0 atom stereocenters. The average Bonchev–Trinajstić information content (AvgIpc) is 2.48. The number of rotatable bonds is 5. The Bertz CT molecular complexity index is 441. The summed E-state index contributed by atoms with van der Waals surface area (Å²) in [7, 11) is 0. The number of piperidine rings is 1. The van der Waals surface area contributed by atoms with Crippen molar-refractivity contribution >= 4 is 5.78 Å². The van der Waals surface area contributed by atoms with Crippen LogP contribution in [0.5, 0.6) is 0 Å². The van der Waals surface area contributed by atoms with Crippen LogP contribution in [0.3, 0.4) is 0 Å². The molecule has 1 fully saturated rings. The molecule has 1 aliphatic heterocycles. The van der Waals surface area contributed by atoms with Crippen LogP contribution in [0.15, 0.2) is 24.3 Å². The van der Waals surface area contributed by atoms with E-state index >= 15 is 0 Å². The highest BCUT2D eigenvalue weighted by atomic mass is 16.1. The van der Waals surface area contributed by atoms with Crippen molar-refractivity contribution in [2.24, 2.45) is 5.41 Å². The lowest BCUT2D eigenvalue weighted by Crippen LogP contribution is -2.42. The van der Waals surface area contributed by atoms with E-state index in [1.807, 2.05) is 0 Å². The van der Waals surface area contributed by atoms with Crippen LogP contribution in [-0.2, 0) is 11.2 Å². The highest BCUT2D eigenvalue weighted by Gasteiger charge is 2.36. The number of ketones is 1. The fraction of sp³-hybridized carbons (Fsp3) is 0.611. The first-order valence-electron chi connectivity index (χ1n) is 7.90. The van der Waals surface area contributed by atoms with E-state index in [-0.39, 0.29) is 5.41 Å². The summed E-state index contributed by atoms with van der Waals surface area (Å²) in [6.07, 6.45) is 3.54. The standard InChI is InChI=1S/C18H27NO/c1-4-18(9-11-19-12-10-18)17(20)13-15-5-7-16(8-6-15)14(2)3/h5-8,14,19H,4,9-13H2,1-3H3. The molecule has 1 heterocycles. The average molecular weight is 273 g/mol. The Morgan fingerprint density at radius 2 is 1.80 bits per heavy atom. The Morgan fingerprint density at radius 3 is 2.30 bits per heavy atom. The highest BCUT2D eigenvalue weighted by molar-refractivity contribution is 5.87. The maximum absolute atomic E-state index is 12.7. The van der Waals surface area contributed by atoms with E-state index in [4.69, 9.17) is 0 Å². The minimum Gasteiger partial charge on any atom is -0.317 e. The lowest BCUT2D eigenvalue weighted by atomic mass is 9.71. The highest BCUT2D eigenvalue weighted by Crippen LogP contribution is 2.34. The largest absolute Gasteiger partial charge is 0.317 e. The summed E-state index contributed by atoms with van der Waals surface area (Å²) in [5.74, 6) is 0.977. The zero-order chi connectivity index (χ0) is 14.6. The molecule has 20 heavy (non-hydrogen) atoms. The van der Waals surface area contributed by atoms with E-state index in [1.54, 1.807) is 0 Å². The zero-order valence-electron chi connectivity index (χ0n) is 13.0. The van der Waals surface area contributed by atoms with Crippen molar-refractivity contribution in [2.45, 2.75) is 52.4 Å². The third kappa shape index (κ3) is 3.29. The van der Waals surface area contributed by atoms with Gasteiger partial charge in [-0.2, -0.15) is 0 Å². The molecule has 1 aromatic rings. The van der Waals surface area contributed by atoms with E-state index in [0.717, 1.165) is 37.9 Å². The minimum absolute atomic E-state index is 0.0814. The van der Waals surface area contributed by atoms with Gasteiger partial charge in [-0.15, -0.1) is 0 Å². The van der Waals surface area contributed by atoms with Gasteiger partial charge in [0.15, 0.2) is 0 Å². The van der Waals surface area contributed by atoms with E-state index in [0.29, 0.717) is 18.1 Å². The molecule has 0 radical (unpaired) electrons. The van der Waals surface area contributed by atoms with E-state index < -0.39 is 0 Å². The van der Waals surface area contributed by atoms with E-state index in [2.05, 4.69) is 50.4 Å². The lowest BCUT2D eigenvalue weighted by molar-refractivity contribution is -0.129. The van der Waals surface area contributed by atoms with Crippen molar-refractivity contribution in [3.8, 4) is 0 Å². The molecule has 1 N–H and O–H groups in total. The maximum atomic E-state index is 12.7. The smallest absolute Gasteiger partial charge is 0.143 e. The molecule has 0 amide bonds. The van der Waals surface area contributed by atoms with Gasteiger partial charge in [0.05, 0.1) is 0 Å². The van der Waals surface area contributed by atoms with Crippen LogP contribution < -0.4 is 5.32 Å². The number of Topliss-reactive ketones (excluding diaryl/α,β-unsaturated/α-hetero) is 1. The summed E-state index contributed by atoms with van der Waals surface area (Å²) in [4.78, 5) is 12.7. The van der Waals surface area contributed by atoms with Gasteiger partial charge in [0.1, 0.15) is 5.78 Å². The van der Waals surface area contributed by atoms with Gasteiger partial charge in [-0.3, -0.25) is 4.79 Å². The fourth-order valence-corrected chi connectivity index (χ4v) is 3.13. The first-order valence-corrected chi connectivity index (χ1v) is 7.90. The molecule has 0 unspecified atom stereocenters. The molecule has 2 heteroatoms. The zero-order valence-corrected chi connectivity index (χ0v) is 13.0. The Kier molecular flexibility index (Phi) is 4.98. The molecule has 1 aliphatic rings. The molecule has 0 saturated carbocycles. The summed E-state index contributed by atoms with van der Waals surface area (Å²) in [6.45, 7) is 8.51. The number of hydrogen-bond acceptors (Lipinski definition) is 2. The predicted molar refractivity (Wildman–Crippen MR) is 84.1 cm³/mol. The summed E-state index contributed by atoms with van der Waals surface area (Å²) in [5, 5.41) is 3.36. The third-order valence-electron chi connectivity index (χ3n) is 4.84. The molecule has 1 aromatic carbocycles. The molecular weight excluding hydrogens is 246 g/mol. The first-order chi connectivity index (χ1) is 9.57. The van der Waals surface area contributed by atoms with Crippen molar-refractivity contribution in [1.29, 1.82) is 0 Å². The van der Waals surface area contributed by atoms with Crippen LogP contribution in [0.4, 0.5) is 0 Å². The van der Waals surface area contributed by atoms with Crippen molar-refractivity contribution in [3.63, 3.8) is 0 Å². The van der Waals surface area contributed by atoms with Crippen molar-refractivity contribution in [3.05, 3.63) is 35.4 Å². The van der Waals surface area contributed by atoms with Crippen LogP contribution in [0, 0.1) is 5.41 Å². The van der Waals surface area contributed by atoms with Crippen molar-refractivity contribution in [1.82, 2.24) is 5.32 Å². The molecule has 110 valence electrons. The molecule has 0 aromatic heterocycles. The summed E-state index contributed by atoms with van der Waals surface area (Å²) >= 11 is 0. The first kappa shape index (κ1) is 15.2.